The molecule has 0 aliphatic heterocycles. The molecule has 0 aromatic rings. The van der Waals surface area contributed by atoms with Crippen molar-refractivity contribution in [3.8, 4) is 0 Å². The van der Waals surface area contributed by atoms with Crippen molar-refractivity contribution in [3.63, 3.8) is 0 Å². The second-order valence-corrected chi connectivity index (χ2v) is 3.33. The van der Waals surface area contributed by atoms with E-state index in [1.807, 2.05) is 0 Å². The Labute approximate surface area is 191 Å². The number of carboxylic acid groups (broad SMARTS) is 1. The molecule has 108 valence electrons. The average Bonchev–Trinajstić information content (AvgIpc) is 2.17. The first-order chi connectivity index (χ1) is 8.06. The van der Waals surface area contributed by atoms with Crippen LogP contribution in [0.2, 0.25) is 0 Å². The molecule has 0 aliphatic rings. The molecule has 0 spiro atoms. The molecule has 1 unspecified atom stereocenters. The van der Waals surface area contributed by atoms with Crippen LogP contribution in [0.15, 0.2) is 25.3 Å². The summed E-state index contributed by atoms with van der Waals surface area (Å²) in [5.41, 5.74) is 0. The van der Waals surface area contributed by atoms with Gasteiger partial charge in [-0.1, -0.05) is 12.2 Å². The summed E-state index contributed by atoms with van der Waals surface area (Å²) in [4.78, 5) is 9.34. The molecule has 0 rings (SSSR count). The minimum atomic E-state index is -5.17. The van der Waals surface area contributed by atoms with Gasteiger partial charge in [-0.15, -0.1) is 13.2 Å². The van der Waals surface area contributed by atoms with Crippen LogP contribution in [0.25, 0.3) is 0 Å². The second-order valence-electron chi connectivity index (χ2n) is 2.52. The van der Waals surface area contributed by atoms with Crippen molar-refractivity contribution in [1.29, 1.82) is 0 Å². The van der Waals surface area contributed by atoms with Crippen molar-refractivity contribution in [2.75, 3.05) is 13.2 Å². The molecule has 0 aromatic carbocycles. The van der Waals surface area contributed by atoms with Crippen LogP contribution in [-0.2, 0) is 19.9 Å². The SMILES string of the molecule is C=CCOCC=C.CC(O)C(=O)[O-].O=S(=O)([O-])[O-].[Na+].[Na+].[Na+]. The van der Waals surface area contributed by atoms with Crippen LogP contribution < -0.4 is 93.8 Å². The van der Waals surface area contributed by atoms with Gasteiger partial charge in [-0.25, -0.2) is 0 Å². The van der Waals surface area contributed by atoms with Crippen molar-refractivity contribution in [1.82, 2.24) is 0 Å². The van der Waals surface area contributed by atoms with E-state index in [9.17, 15) is 9.90 Å². The summed E-state index contributed by atoms with van der Waals surface area (Å²) < 4.78 is 39.0. The zero-order chi connectivity index (χ0) is 15.2. The first-order valence-electron chi connectivity index (χ1n) is 4.41. The van der Waals surface area contributed by atoms with E-state index in [1.54, 1.807) is 12.2 Å². The van der Waals surface area contributed by atoms with Crippen LogP contribution in [0.3, 0.4) is 0 Å². The third-order valence-electron chi connectivity index (χ3n) is 0.813. The quantitative estimate of drug-likeness (QED) is 0.168. The summed E-state index contributed by atoms with van der Waals surface area (Å²) >= 11 is 0. The number of carbonyl (C=O) groups is 1. The summed E-state index contributed by atoms with van der Waals surface area (Å²) in [6.45, 7) is 9.31. The number of aliphatic hydroxyl groups excluding tert-OH is 1. The average molecular weight is 352 g/mol. The van der Waals surface area contributed by atoms with Gasteiger partial charge in [0.25, 0.3) is 0 Å². The van der Waals surface area contributed by atoms with Crippen LogP contribution >= 0.6 is 0 Å². The minimum absolute atomic E-state index is 0. The fraction of sp³-hybridized carbons (Fsp3) is 0.444. The summed E-state index contributed by atoms with van der Waals surface area (Å²) in [7, 11) is -5.17. The molecule has 0 saturated carbocycles. The maximum absolute atomic E-state index is 9.34. The molecule has 0 aromatic heterocycles. The number of aliphatic carboxylic acids is 1. The summed E-state index contributed by atoms with van der Waals surface area (Å²) in [6.07, 6.45) is 2.08. The Bertz CT molecular complexity index is 316. The summed E-state index contributed by atoms with van der Waals surface area (Å²) in [5, 5.41) is 17.3. The van der Waals surface area contributed by atoms with Gasteiger partial charge < -0.3 is 28.8 Å². The molecule has 0 radical (unpaired) electrons. The standard InChI is InChI=1S/C6H10O.C3H6O3.3Na.H2O4S/c1-3-5-7-6-4-2;1-2(4)3(5)6;;;;1-5(2,3)4/h3-4H,1-2,5-6H2;2,4H,1H3,(H,5,6);;;;(H2,1,2,3,4)/q;;3*+1;/p-3. The molecule has 12 heteroatoms. The number of carbonyl (C=O) groups excluding carboxylic acids is 1. The first kappa shape index (κ1) is 38.4. The van der Waals surface area contributed by atoms with Gasteiger partial charge in [0.2, 0.25) is 0 Å². The first-order valence-corrected chi connectivity index (χ1v) is 5.74. The molecular weight excluding hydrogens is 337 g/mol. The molecule has 0 saturated heterocycles. The van der Waals surface area contributed by atoms with Gasteiger partial charge in [-0.2, -0.15) is 0 Å². The predicted octanol–water partition coefficient (Wildman–Crippen LogP) is -10.8. The molecule has 0 fully saturated rings. The van der Waals surface area contributed by atoms with Crippen molar-refractivity contribution >= 4 is 16.4 Å². The Kier molecular flexibility index (Phi) is 48.6. The Morgan fingerprint density at radius 1 is 1.19 bits per heavy atom. The Hall–Kier alpha value is 1.74. The maximum Gasteiger partial charge on any atom is 1.00 e. The van der Waals surface area contributed by atoms with Crippen molar-refractivity contribution in [2.45, 2.75) is 13.0 Å². The van der Waals surface area contributed by atoms with Gasteiger partial charge >= 0.3 is 88.7 Å². The molecule has 8 nitrogen and oxygen atoms in total. The molecule has 1 atom stereocenters. The molecule has 1 N–H and O–H groups in total. The van der Waals surface area contributed by atoms with Crippen LogP contribution in [0.5, 0.6) is 0 Å². The second kappa shape index (κ2) is 26.6. The van der Waals surface area contributed by atoms with Gasteiger partial charge in [0.15, 0.2) is 0 Å². The van der Waals surface area contributed by atoms with E-state index in [1.165, 1.54) is 0 Å². The van der Waals surface area contributed by atoms with Crippen LogP contribution in [0, 0.1) is 0 Å². The minimum Gasteiger partial charge on any atom is -0.759 e. The number of hydrogen-bond acceptors (Lipinski definition) is 8. The zero-order valence-electron chi connectivity index (χ0n) is 12.8. The van der Waals surface area contributed by atoms with E-state index in [-0.39, 0.29) is 88.7 Å². The number of aliphatic hydroxyl groups is 1. The number of ether oxygens (including phenoxy) is 1. The van der Waals surface area contributed by atoms with Crippen molar-refractivity contribution in [3.05, 3.63) is 25.3 Å². The zero-order valence-corrected chi connectivity index (χ0v) is 19.6. The van der Waals surface area contributed by atoms with E-state index in [2.05, 4.69) is 13.2 Å². The molecule has 0 aliphatic carbocycles. The van der Waals surface area contributed by atoms with Gasteiger partial charge in [0.05, 0.1) is 25.3 Å². The van der Waals surface area contributed by atoms with E-state index >= 15 is 0 Å². The fourth-order valence-corrected chi connectivity index (χ4v) is 0.235. The number of rotatable bonds is 5. The van der Waals surface area contributed by atoms with Gasteiger partial charge in [0, 0.05) is 10.4 Å². The topological polar surface area (TPSA) is 150 Å². The smallest absolute Gasteiger partial charge is 0.759 e. The number of carboxylic acids is 1. The Balaban J connectivity index is -0.0000000379. The van der Waals surface area contributed by atoms with E-state index < -0.39 is 22.5 Å². The van der Waals surface area contributed by atoms with E-state index in [4.69, 9.17) is 27.4 Å². The monoisotopic (exact) mass is 352 g/mol. The van der Waals surface area contributed by atoms with E-state index in [0.29, 0.717) is 13.2 Å². The van der Waals surface area contributed by atoms with Gasteiger partial charge in [-0.3, -0.25) is 8.42 Å². The number of hydrogen-bond donors (Lipinski definition) is 1. The Morgan fingerprint density at radius 2 is 1.38 bits per heavy atom. The Morgan fingerprint density at radius 3 is 1.48 bits per heavy atom. The van der Waals surface area contributed by atoms with Crippen molar-refractivity contribution < 1.29 is 126 Å². The predicted molar refractivity (Wildman–Crippen MR) is 58.4 cm³/mol. The van der Waals surface area contributed by atoms with E-state index in [0.717, 1.165) is 6.92 Å². The molecular formula is C9H15Na3O8S. The fourth-order valence-electron chi connectivity index (χ4n) is 0.235. The largest absolute Gasteiger partial charge is 1.00 e. The van der Waals surface area contributed by atoms with Gasteiger partial charge in [0.1, 0.15) is 0 Å². The molecule has 0 amide bonds. The third-order valence-corrected chi connectivity index (χ3v) is 0.813. The third kappa shape index (κ3) is 89.3. The summed E-state index contributed by atoms with van der Waals surface area (Å²) in [5.74, 6) is -1.44. The maximum atomic E-state index is 9.34. The van der Waals surface area contributed by atoms with Gasteiger partial charge in [-0.05, 0) is 6.92 Å². The normalized spacial score (nSPS) is 9.33. The molecule has 0 bridgehead atoms. The van der Waals surface area contributed by atoms with Crippen LogP contribution in [0.1, 0.15) is 6.92 Å². The van der Waals surface area contributed by atoms with Crippen LogP contribution in [0.4, 0.5) is 0 Å². The van der Waals surface area contributed by atoms with Crippen molar-refractivity contribution in [2.24, 2.45) is 0 Å². The molecule has 0 heterocycles. The summed E-state index contributed by atoms with van der Waals surface area (Å²) in [6, 6.07) is 0. The molecule has 21 heavy (non-hydrogen) atoms. The van der Waals surface area contributed by atoms with Crippen LogP contribution in [-0.4, -0.2) is 47.9 Å².